The first-order chi connectivity index (χ1) is 12.1. The Balaban J connectivity index is 1.76. The molecule has 0 bridgehead atoms. The number of aliphatic hydroxyl groups excluding tert-OH is 1. The van der Waals surface area contributed by atoms with Crippen LogP contribution in [0.2, 0.25) is 0 Å². The smallest absolute Gasteiger partial charge is 0.323 e. The van der Waals surface area contributed by atoms with Crippen LogP contribution >= 0.6 is 0 Å². The van der Waals surface area contributed by atoms with Gasteiger partial charge in [-0.15, -0.1) is 0 Å². The molecule has 0 saturated carbocycles. The van der Waals surface area contributed by atoms with Gasteiger partial charge in [-0.3, -0.25) is 0 Å². The number of hydrogen-bond acceptors (Lipinski definition) is 4. The van der Waals surface area contributed by atoms with Crippen molar-refractivity contribution < 1.29 is 19.4 Å². The van der Waals surface area contributed by atoms with Crippen LogP contribution in [0.5, 0.6) is 11.5 Å². The molecule has 0 unspecified atom stereocenters. The van der Waals surface area contributed by atoms with Crippen LogP contribution in [-0.4, -0.2) is 31.5 Å². The summed E-state index contributed by atoms with van der Waals surface area (Å²) in [5.74, 6) is 1.18. The Morgan fingerprint density at radius 3 is 2.52 bits per heavy atom. The predicted molar refractivity (Wildman–Crippen MR) is 96.7 cm³/mol. The van der Waals surface area contributed by atoms with Crippen LogP contribution in [0.15, 0.2) is 36.4 Å². The molecule has 1 aliphatic rings. The highest BCUT2D eigenvalue weighted by atomic mass is 16.5. The van der Waals surface area contributed by atoms with E-state index in [2.05, 4.69) is 10.6 Å². The van der Waals surface area contributed by atoms with Crippen molar-refractivity contribution >= 4 is 17.4 Å². The van der Waals surface area contributed by atoms with Gasteiger partial charge in [-0.05, 0) is 30.0 Å². The van der Waals surface area contributed by atoms with Crippen LogP contribution in [0.25, 0.3) is 0 Å². The molecule has 3 N–H and O–H groups in total. The van der Waals surface area contributed by atoms with Gasteiger partial charge in [0.2, 0.25) is 0 Å². The van der Waals surface area contributed by atoms with Crippen molar-refractivity contribution in [3.8, 4) is 11.5 Å². The molecule has 0 heterocycles. The molecule has 2 amide bonds. The lowest BCUT2D eigenvalue weighted by atomic mass is 9.88. The second kappa shape index (κ2) is 7.44. The van der Waals surface area contributed by atoms with Gasteiger partial charge in [0.25, 0.3) is 0 Å². The SMILES string of the molecule is COc1cc(NC(=O)Nc2cccc3c2C[C@@H](O)CC3)cc(OC)c1. The van der Waals surface area contributed by atoms with E-state index in [1.54, 1.807) is 32.4 Å². The van der Waals surface area contributed by atoms with Gasteiger partial charge < -0.3 is 25.2 Å². The van der Waals surface area contributed by atoms with Crippen LogP contribution in [0.4, 0.5) is 16.2 Å². The first-order valence-electron chi connectivity index (χ1n) is 8.19. The van der Waals surface area contributed by atoms with Crippen molar-refractivity contribution in [2.24, 2.45) is 0 Å². The molecule has 2 aromatic carbocycles. The van der Waals surface area contributed by atoms with Gasteiger partial charge in [0, 0.05) is 36.0 Å². The molecule has 132 valence electrons. The fourth-order valence-corrected chi connectivity index (χ4v) is 3.05. The molecular formula is C19H22N2O4. The summed E-state index contributed by atoms with van der Waals surface area (Å²) >= 11 is 0. The number of rotatable bonds is 4. The predicted octanol–water partition coefficient (Wildman–Crippen LogP) is 3.20. The van der Waals surface area contributed by atoms with E-state index in [1.165, 1.54) is 5.56 Å². The summed E-state index contributed by atoms with van der Waals surface area (Å²) in [5, 5.41) is 15.6. The molecule has 0 saturated heterocycles. The molecule has 0 fully saturated rings. The van der Waals surface area contributed by atoms with Gasteiger partial charge in [-0.2, -0.15) is 0 Å². The first-order valence-corrected chi connectivity index (χ1v) is 8.19. The summed E-state index contributed by atoms with van der Waals surface area (Å²) in [6.07, 6.45) is 1.77. The highest BCUT2D eigenvalue weighted by Crippen LogP contribution is 2.29. The molecule has 1 atom stereocenters. The molecule has 1 aliphatic carbocycles. The van der Waals surface area contributed by atoms with Crippen LogP contribution in [-0.2, 0) is 12.8 Å². The molecule has 6 nitrogen and oxygen atoms in total. The average Bonchev–Trinajstić information content (AvgIpc) is 2.61. The molecule has 0 spiro atoms. The minimum Gasteiger partial charge on any atom is -0.497 e. The second-order valence-electron chi connectivity index (χ2n) is 6.02. The maximum Gasteiger partial charge on any atom is 0.323 e. The number of hydrogen-bond donors (Lipinski definition) is 3. The molecule has 6 heteroatoms. The van der Waals surface area contributed by atoms with Gasteiger partial charge in [0.05, 0.1) is 20.3 Å². The highest BCUT2D eigenvalue weighted by molar-refractivity contribution is 6.00. The maximum absolute atomic E-state index is 12.4. The maximum atomic E-state index is 12.4. The number of aliphatic hydroxyl groups is 1. The number of aryl methyl sites for hydroxylation is 1. The van der Waals surface area contributed by atoms with Crippen LogP contribution < -0.4 is 20.1 Å². The number of urea groups is 1. The quantitative estimate of drug-likeness (QED) is 0.797. The van der Waals surface area contributed by atoms with E-state index in [-0.39, 0.29) is 12.1 Å². The lowest BCUT2D eigenvalue weighted by Crippen LogP contribution is -2.24. The van der Waals surface area contributed by atoms with Crippen LogP contribution in [0, 0.1) is 0 Å². The summed E-state index contributed by atoms with van der Waals surface area (Å²) in [6.45, 7) is 0. The summed E-state index contributed by atoms with van der Waals surface area (Å²) in [6, 6.07) is 10.6. The Morgan fingerprint density at radius 2 is 1.84 bits per heavy atom. The van der Waals surface area contributed by atoms with Crippen molar-refractivity contribution in [1.29, 1.82) is 0 Å². The van der Waals surface area contributed by atoms with E-state index in [4.69, 9.17) is 9.47 Å². The third kappa shape index (κ3) is 4.03. The Bertz CT molecular complexity index is 754. The highest BCUT2D eigenvalue weighted by Gasteiger charge is 2.20. The fourth-order valence-electron chi connectivity index (χ4n) is 3.05. The topological polar surface area (TPSA) is 79.8 Å². The molecule has 25 heavy (non-hydrogen) atoms. The number of anilines is 2. The van der Waals surface area contributed by atoms with Crippen LogP contribution in [0.1, 0.15) is 17.5 Å². The molecule has 0 radical (unpaired) electrons. The number of fused-ring (bicyclic) bond motifs is 1. The van der Waals surface area contributed by atoms with E-state index in [1.807, 2.05) is 18.2 Å². The lowest BCUT2D eigenvalue weighted by molar-refractivity contribution is 0.159. The fraction of sp³-hybridized carbons (Fsp3) is 0.316. The summed E-state index contributed by atoms with van der Waals surface area (Å²) in [5.41, 5.74) is 3.47. The largest absolute Gasteiger partial charge is 0.497 e. The zero-order chi connectivity index (χ0) is 17.8. The Hall–Kier alpha value is -2.73. The van der Waals surface area contributed by atoms with Gasteiger partial charge in [0.1, 0.15) is 11.5 Å². The summed E-state index contributed by atoms with van der Waals surface area (Å²) < 4.78 is 10.4. The number of carbonyl (C=O) groups excluding carboxylic acids is 1. The van der Waals surface area contributed by atoms with E-state index >= 15 is 0 Å². The van der Waals surface area contributed by atoms with E-state index < -0.39 is 0 Å². The Kier molecular flexibility index (Phi) is 5.09. The number of ether oxygens (including phenoxy) is 2. The molecule has 2 aromatic rings. The van der Waals surface area contributed by atoms with E-state index in [0.717, 1.165) is 24.1 Å². The number of carbonyl (C=O) groups is 1. The number of amides is 2. The lowest BCUT2D eigenvalue weighted by Gasteiger charge is -2.23. The van der Waals surface area contributed by atoms with Crippen molar-refractivity contribution in [3.63, 3.8) is 0 Å². The third-order valence-electron chi connectivity index (χ3n) is 4.32. The van der Waals surface area contributed by atoms with Gasteiger partial charge >= 0.3 is 6.03 Å². The molecule has 0 aliphatic heterocycles. The first kappa shape index (κ1) is 17.1. The Morgan fingerprint density at radius 1 is 1.12 bits per heavy atom. The van der Waals surface area contributed by atoms with Crippen molar-refractivity contribution in [2.45, 2.75) is 25.4 Å². The minimum absolute atomic E-state index is 0.358. The Labute approximate surface area is 146 Å². The second-order valence-corrected chi connectivity index (χ2v) is 6.02. The van der Waals surface area contributed by atoms with E-state index in [0.29, 0.717) is 23.6 Å². The summed E-state index contributed by atoms with van der Waals surface area (Å²) in [4.78, 5) is 12.4. The van der Waals surface area contributed by atoms with Gasteiger partial charge in [0.15, 0.2) is 0 Å². The zero-order valence-electron chi connectivity index (χ0n) is 14.3. The molecule has 3 rings (SSSR count). The van der Waals surface area contributed by atoms with Gasteiger partial charge in [-0.25, -0.2) is 4.79 Å². The zero-order valence-corrected chi connectivity index (χ0v) is 14.3. The third-order valence-corrected chi connectivity index (χ3v) is 4.32. The number of benzene rings is 2. The standard InChI is InChI=1S/C19H22N2O4/c1-24-15-8-13(9-16(11-15)25-2)20-19(23)21-18-5-3-4-12-6-7-14(22)10-17(12)18/h3-5,8-9,11,14,22H,6-7,10H2,1-2H3,(H2,20,21,23)/t14-/m0/s1. The van der Waals surface area contributed by atoms with Crippen molar-refractivity contribution in [2.75, 3.05) is 24.9 Å². The molecule has 0 aromatic heterocycles. The summed E-state index contributed by atoms with van der Waals surface area (Å²) in [7, 11) is 3.11. The van der Waals surface area contributed by atoms with E-state index in [9.17, 15) is 9.90 Å². The minimum atomic E-state index is -0.360. The normalized spacial score (nSPS) is 15.9. The van der Waals surface area contributed by atoms with Crippen molar-refractivity contribution in [3.05, 3.63) is 47.5 Å². The van der Waals surface area contributed by atoms with Crippen molar-refractivity contribution in [1.82, 2.24) is 0 Å². The van der Waals surface area contributed by atoms with Gasteiger partial charge in [-0.1, -0.05) is 12.1 Å². The number of methoxy groups -OCH3 is 2. The monoisotopic (exact) mass is 342 g/mol. The molecular weight excluding hydrogens is 320 g/mol. The average molecular weight is 342 g/mol. The number of nitrogens with one attached hydrogen (secondary N) is 2. The van der Waals surface area contributed by atoms with Crippen LogP contribution in [0.3, 0.4) is 0 Å².